The summed E-state index contributed by atoms with van der Waals surface area (Å²) in [7, 11) is 2.09. The predicted molar refractivity (Wildman–Crippen MR) is 56.7 cm³/mol. The van der Waals surface area contributed by atoms with E-state index in [1.165, 1.54) is 51.5 Å². The van der Waals surface area contributed by atoms with E-state index in [4.69, 9.17) is 0 Å². The van der Waals surface area contributed by atoms with Gasteiger partial charge in [0.25, 0.3) is 0 Å². The minimum atomic E-state index is 1.04. The molecular formula is C12H23N. The molecule has 0 amide bonds. The Morgan fingerprint density at radius 1 is 1.08 bits per heavy atom. The molecule has 0 aliphatic heterocycles. The summed E-state index contributed by atoms with van der Waals surface area (Å²) in [6.07, 6.45) is 10.6. The van der Waals surface area contributed by atoms with Gasteiger partial charge in [-0.25, -0.2) is 0 Å². The van der Waals surface area contributed by atoms with Crippen LogP contribution in [0, 0.1) is 17.8 Å². The van der Waals surface area contributed by atoms with Crippen molar-refractivity contribution in [2.24, 2.45) is 17.8 Å². The third-order valence-electron chi connectivity index (χ3n) is 3.95. The standard InChI is InChI=1S/C12H23N/c1-13-9-11-8-12(11)10-6-4-2-3-5-7-10/h10-13H,2-9H2,1H3. The van der Waals surface area contributed by atoms with E-state index in [2.05, 4.69) is 12.4 Å². The summed E-state index contributed by atoms with van der Waals surface area (Å²) in [5, 5.41) is 3.31. The highest BCUT2D eigenvalue weighted by Gasteiger charge is 2.41. The second-order valence-electron chi connectivity index (χ2n) is 4.97. The van der Waals surface area contributed by atoms with Crippen LogP contribution < -0.4 is 5.32 Å². The Labute approximate surface area is 82.3 Å². The van der Waals surface area contributed by atoms with Gasteiger partial charge in [0.2, 0.25) is 0 Å². The maximum Gasteiger partial charge on any atom is -0.00207 e. The van der Waals surface area contributed by atoms with Crippen molar-refractivity contribution in [3.8, 4) is 0 Å². The van der Waals surface area contributed by atoms with E-state index in [9.17, 15) is 0 Å². The van der Waals surface area contributed by atoms with E-state index in [1.54, 1.807) is 0 Å². The van der Waals surface area contributed by atoms with Crippen molar-refractivity contribution >= 4 is 0 Å². The molecule has 2 aliphatic rings. The molecule has 0 aromatic carbocycles. The van der Waals surface area contributed by atoms with Gasteiger partial charge in [0.1, 0.15) is 0 Å². The van der Waals surface area contributed by atoms with Crippen LogP contribution in [0.15, 0.2) is 0 Å². The average molecular weight is 181 g/mol. The Balaban J connectivity index is 1.74. The first-order valence-electron chi connectivity index (χ1n) is 6.06. The lowest BCUT2D eigenvalue weighted by Gasteiger charge is -2.13. The molecule has 1 N–H and O–H groups in total. The Morgan fingerprint density at radius 2 is 1.77 bits per heavy atom. The van der Waals surface area contributed by atoms with Crippen LogP contribution in [0.2, 0.25) is 0 Å². The van der Waals surface area contributed by atoms with Gasteiger partial charge in [0, 0.05) is 0 Å². The smallest absolute Gasteiger partial charge is 0.00207 e. The van der Waals surface area contributed by atoms with Crippen LogP contribution in [-0.4, -0.2) is 13.6 Å². The molecule has 0 spiro atoms. The third kappa shape index (κ3) is 2.46. The zero-order valence-corrected chi connectivity index (χ0v) is 8.89. The minimum absolute atomic E-state index is 1.04. The van der Waals surface area contributed by atoms with Gasteiger partial charge in [-0.05, 0) is 37.8 Å². The molecule has 0 bridgehead atoms. The Bertz CT molecular complexity index is 147. The zero-order chi connectivity index (χ0) is 9.10. The highest BCUT2D eigenvalue weighted by Crippen LogP contribution is 2.48. The van der Waals surface area contributed by atoms with Crippen molar-refractivity contribution in [3.05, 3.63) is 0 Å². The van der Waals surface area contributed by atoms with E-state index >= 15 is 0 Å². The molecule has 1 nitrogen and oxygen atoms in total. The second kappa shape index (κ2) is 4.45. The van der Waals surface area contributed by atoms with E-state index in [1.807, 2.05) is 0 Å². The molecular weight excluding hydrogens is 158 g/mol. The fourth-order valence-corrected chi connectivity index (χ4v) is 3.08. The number of hydrogen-bond acceptors (Lipinski definition) is 1. The summed E-state index contributed by atoms with van der Waals surface area (Å²) in [6.45, 7) is 1.27. The van der Waals surface area contributed by atoms with Gasteiger partial charge >= 0.3 is 0 Å². The predicted octanol–water partition coefficient (Wildman–Crippen LogP) is 2.81. The van der Waals surface area contributed by atoms with E-state index in [-0.39, 0.29) is 0 Å². The van der Waals surface area contributed by atoms with Gasteiger partial charge in [-0.3, -0.25) is 0 Å². The quantitative estimate of drug-likeness (QED) is 0.660. The fourth-order valence-electron chi connectivity index (χ4n) is 3.08. The van der Waals surface area contributed by atoms with Crippen LogP contribution in [0.3, 0.4) is 0 Å². The molecule has 2 rings (SSSR count). The Morgan fingerprint density at radius 3 is 2.38 bits per heavy atom. The molecule has 0 aromatic heterocycles. The summed E-state index contributed by atoms with van der Waals surface area (Å²) in [5.74, 6) is 3.24. The van der Waals surface area contributed by atoms with E-state index in [0.717, 1.165) is 17.8 Å². The zero-order valence-electron chi connectivity index (χ0n) is 8.89. The molecule has 13 heavy (non-hydrogen) atoms. The molecule has 1 heteroatoms. The lowest BCUT2D eigenvalue weighted by atomic mass is 9.94. The highest BCUT2D eigenvalue weighted by atomic mass is 14.8. The Hall–Kier alpha value is -0.0400. The van der Waals surface area contributed by atoms with Crippen molar-refractivity contribution in [2.75, 3.05) is 13.6 Å². The normalized spacial score (nSPS) is 35.8. The van der Waals surface area contributed by atoms with E-state index in [0.29, 0.717) is 0 Å². The molecule has 0 aromatic rings. The van der Waals surface area contributed by atoms with Gasteiger partial charge in [0.05, 0.1) is 0 Å². The second-order valence-corrected chi connectivity index (χ2v) is 4.97. The summed E-state index contributed by atoms with van der Waals surface area (Å²) in [4.78, 5) is 0. The van der Waals surface area contributed by atoms with Crippen LogP contribution in [-0.2, 0) is 0 Å². The monoisotopic (exact) mass is 181 g/mol. The first-order valence-corrected chi connectivity index (χ1v) is 6.06. The van der Waals surface area contributed by atoms with Gasteiger partial charge in [-0.15, -0.1) is 0 Å². The number of rotatable bonds is 3. The SMILES string of the molecule is CNCC1CC1C1CCCCCC1. The topological polar surface area (TPSA) is 12.0 Å². The molecule has 76 valence electrons. The average Bonchev–Trinajstić information content (AvgIpc) is 2.86. The molecule has 2 saturated carbocycles. The Kier molecular flexibility index (Phi) is 3.26. The number of hydrogen-bond donors (Lipinski definition) is 1. The molecule has 2 unspecified atom stereocenters. The lowest BCUT2D eigenvalue weighted by molar-refractivity contribution is 0.383. The summed E-state index contributed by atoms with van der Waals surface area (Å²) < 4.78 is 0. The molecule has 0 radical (unpaired) electrons. The maximum atomic E-state index is 3.31. The molecule has 2 fully saturated rings. The van der Waals surface area contributed by atoms with Crippen molar-refractivity contribution in [2.45, 2.75) is 44.9 Å². The molecule has 0 heterocycles. The van der Waals surface area contributed by atoms with Gasteiger partial charge in [-0.2, -0.15) is 0 Å². The summed E-state index contributed by atoms with van der Waals surface area (Å²) in [5.41, 5.74) is 0. The van der Waals surface area contributed by atoms with Crippen molar-refractivity contribution in [1.82, 2.24) is 5.32 Å². The van der Waals surface area contributed by atoms with Crippen molar-refractivity contribution in [1.29, 1.82) is 0 Å². The van der Waals surface area contributed by atoms with Crippen molar-refractivity contribution < 1.29 is 0 Å². The van der Waals surface area contributed by atoms with Gasteiger partial charge < -0.3 is 5.32 Å². The minimum Gasteiger partial charge on any atom is -0.319 e. The molecule has 2 atom stereocenters. The third-order valence-corrected chi connectivity index (χ3v) is 3.95. The maximum absolute atomic E-state index is 3.31. The fraction of sp³-hybridized carbons (Fsp3) is 1.00. The van der Waals surface area contributed by atoms with E-state index < -0.39 is 0 Å². The summed E-state index contributed by atoms with van der Waals surface area (Å²) >= 11 is 0. The van der Waals surface area contributed by atoms with Gasteiger partial charge in [-0.1, -0.05) is 38.5 Å². The summed E-state index contributed by atoms with van der Waals surface area (Å²) in [6, 6.07) is 0. The van der Waals surface area contributed by atoms with Crippen molar-refractivity contribution in [3.63, 3.8) is 0 Å². The van der Waals surface area contributed by atoms with Crippen LogP contribution >= 0.6 is 0 Å². The first kappa shape index (κ1) is 9.51. The highest BCUT2D eigenvalue weighted by molar-refractivity contribution is 4.92. The van der Waals surface area contributed by atoms with Crippen LogP contribution in [0.25, 0.3) is 0 Å². The molecule has 2 aliphatic carbocycles. The first-order chi connectivity index (χ1) is 6.42. The van der Waals surface area contributed by atoms with Crippen LogP contribution in [0.4, 0.5) is 0 Å². The van der Waals surface area contributed by atoms with Crippen LogP contribution in [0.5, 0.6) is 0 Å². The number of nitrogens with one attached hydrogen (secondary N) is 1. The van der Waals surface area contributed by atoms with Gasteiger partial charge in [0.15, 0.2) is 0 Å². The molecule has 0 saturated heterocycles. The largest absolute Gasteiger partial charge is 0.319 e. The van der Waals surface area contributed by atoms with Crippen LogP contribution in [0.1, 0.15) is 44.9 Å². The lowest BCUT2D eigenvalue weighted by Crippen LogP contribution is -2.13.